The van der Waals surface area contributed by atoms with Crippen molar-refractivity contribution in [2.24, 2.45) is 0 Å². The summed E-state index contributed by atoms with van der Waals surface area (Å²) < 4.78 is 6.68. The van der Waals surface area contributed by atoms with Crippen molar-refractivity contribution in [3.8, 4) is 44.5 Å². The lowest BCUT2D eigenvalue weighted by molar-refractivity contribution is 0.667. The Balaban J connectivity index is 1.18. The first-order valence-corrected chi connectivity index (χ1v) is 17.3. The summed E-state index contributed by atoms with van der Waals surface area (Å²) in [6, 6.07) is 63.8. The maximum Gasteiger partial charge on any atom is 0.143 e. The highest BCUT2D eigenvalue weighted by atomic mass is 16.3. The van der Waals surface area contributed by atoms with Crippen molar-refractivity contribution >= 4 is 54.3 Å². The van der Waals surface area contributed by atoms with Crippen molar-refractivity contribution in [1.82, 2.24) is 0 Å². The molecule has 0 unspecified atom stereocenters. The predicted molar refractivity (Wildman–Crippen MR) is 213 cm³/mol. The molecule has 10 rings (SSSR count). The second-order valence-electron chi connectivity index (χ2n) is 13.3. The maximum absolute atomic E-state index is 6.68. The first kappa shape index (κ1) is 28.6. The predicted octanol–water partition coefficient (Wildman–Crippen LogP) is 14.0. The third-order valence-corrected chi connectivity index (χ3v) is 10.4. The molecule has 1 aromatic heterocycles. The normalized spacial score (nSPS) is 11.7. The Kier molecular flexibility index (Phi) is 6.47. The standard InChI is InChI=1S/C49H32O/c1-31-13-12-22-42-47-38-19-9-8-18-37(38)30-43(49(47)50-48(31)42)33-25-23-32(24-26-33)36-27-28-41-44(29-36)46(35-16-6-3-7-17-35)40-21-11-10-20-39(40)45(41)34-14-4-2-5-15-34/h2-30H,1H3. The molecule has 0 radical (unpaired) electrons. The average Bonchev–Trinajstić information content (AvgIpc) is 3.58. The van der Waals surface area contributed by atoms with Gasteiger partial charge in [0.15, 0.2) is 0 Å². The highest BCUT2D eigenvalue weighted by molar-refractivity contribution is 6.23. The fourth-order valence-electron chi connectivity index (χ4n) is 8.04. The lowest BCUT2D eigenvalue weighted by atomic mass is 9.85. The molecular weight excluding hydrogens is 605 g/mol. The summed E-state index contributed by atoms with van der Waals surface area (Å²) in [5, 5.41) is 9.83. The number of hydrogen-bond donors (Lipinski definition) is 0. The van der Waals surface area contributed by atoms with E-state index in [9.17, 15) is 0 Å². The van der Waals surface area contributed by atoms with Crippen molar-refractivity contribution in [3.05, 3.63) is 181 Å². The van der Waals surface area contributed by atoms with Gasteiger partial charge in [-0.15, -0.1) is 0 Å². The first-order chi connectivity index (χ1) is 24.7. The number of hydrogen-bond acceptors (Lipinski definition) is 1. The number of fused-ring (bicyclic) bond motifs is 7. The van der Waals surface area contributed by atoms with Crippen LogP contribution in [0.3, 0.4) is 0 Å². The molecular formula is C49H32O. The van der Waals surface area contributed by atoms with Gasteiger partial charge in [-0.05, 0) is 95.9 Å². The SMILES string of the molecule is Cc1cccc2c1oc1c(-c3ccc(-c4ccc5c(-c6ccccc6)c6ccccc6c(-c6ccccc6)c5c4)cc3)cc3ccccc3c12. The smallest absolute Gasteiger partial charge is 0.143 e. The zero-order chi connectivity index (χ0) is 33.2. The largest absolute Gasteiger partial charge is 0.455 e. The minimum Gasteiger partial charge on any atom is -0.455 e. The van der Waals surface area contributed by atoms with Gasteiger partial charge in [0.25, 0.3) is 0 Å². The number of rotatable bonds is 4. The molecule has 0 atom stereocenters. The van der Waals surface area contributed by atoms with Crippen LogP contribution in [0, 0.1) is 6.92 Å². The van der Waals surface area contributed by atoms with Gasteiger partial charge in [-0.2, -0.15) is 0 Å². The molecule has 0 aliphatic carbocycles. The quantitative estimate of drug-likeness (QED) is 0.175. The second-order valence-corrected chi connectivity index (χ2v) is 13.3. The molecule has 0 amide bonds. The molecule has 50 heavy (non-hydrogen) atoms. The fraction of sp³-hybridized carbons (Fsp3) is 0.0204. The molecule has 0 spiro atoms. The number of para-hydroxylation sites is 1. The molecule has 234 valence electrons. The molecule has 0 aliphatic rings. The van der Waals surface area contributed by atoms with Gasteiger partial charge in [0.2, 0.25) is 0 Å². The molecule has 1 heterocycles. The summed E-state index contributed by atoms with van der Waals surface area (Å²) in [6.45, 7) is 2.12. The Bertz CT molecular complexity index is 2900. The van der Waals surface area contributed by atoms with E-state index in [1.165, 1.54) is 76.5 Å². The van der Waals surface area contributed by atoms with E-state index in [2.05, 4.69) is 183 Å². The lowest BCUT2D eigenvalue weighted by Gasteiger charge is -2.18. The zero-order valence-corrected chi connectivity index (χ0v) is 27.7. The van der Waals surface area contributed by atoms with Gasteiger partial charge in [0.05, 0.1) is 0 Å². The highest BCUT2D eigenvalue weighted by Gasteiger charge is 2.19. The molecule has 1 heteroatoms. The van der Waals surface area contributed by atoms with Crippen LogP contribution in [0.15, 0.2) is 180 Å². The summed E-state index contributed by atoms with van der Waals surface area (Å²) in [5.74, 6) is 0. The van der Waals surface area contributed by atoms with Crippen molar-refractivity contribution in [1.29, 1.82) is 0 Å². The van der Waals surface area contributed by atoms with Gasteiger partial charge in [0.1, 0.15) is 11.2 Å². The first-order valence-electron chi connectivity index (χ1n) is 17.3. The molecule has 0 N–H and O–H groups in total. The average molecular weight is 637 g/mol. The van der Waals surface area contributed by atoms with Crippen molar-refractivity contribution in [2.45, 2.75) is 6.92 Å². The van der Waals surface area contributed by atoms with Crippen LogP contribution in [0.2, 0.25) is 0 Å². The van der Waals surface area contributed by atoms with Crippen LogP contribution in [0.4, 0.5) is 0 Å². The molecule has 1 nitrogen and oxygen atoms in total. The third kappa shape index (κ3) is 4.41. The van der Waals surface area contributed by atoms with Gasteiger partial charge in [0, 0.05) is 16.3 Å². The third-order valence-electron chi connectivity index (χ3n) is 10.4. The number of aryl methyl sites for hydroxylation is 1. The fourth-order valence-corrected chi connectivity index (χ4v) is 8.04. The van der Waals surface area contributed by atoms with E-state index in [4.69, 9.17) is 4.42 Å². The van der Waals surface area contributed by atoms with Crippen LogP contribution in [0.1, 0.15) is 5.56 Å². The van der Waals surface area contributed by atoms with Crippen molar-refractivity contribution < 1.29 is 4.42 Å². The lowest BCUT2D eigenvalue weighted by Crippen LogP contribution is -1.91. The van der Waals surface area contributed by atoms with E-state index in [1.807, 2.05) is 0 Å². The van der Waals surface area contributed by atoms with Crippen molar-refractivity contribution in [3.63, 3.8) is 0 Å². The zero-order valence-electron chi connectivity index (χ0n) is 27.7. The van der Waals surface area contributed by atoms with E-state index in [-0.39, 0.29) is 0 Å². The van der Waals surface area contributed by atoms with Gasteiger partial charge in [-0.25, -0.2) is 0 Å². The Morgan fingerprint density at radius 1 is 0.340 bits per heavy atom. The highest BCUT2D eigenvalue weighted by Crippen LogP contribution is 2.46. The molecule has 9 aromatic carbocycles. The molecule has 10 aromatic rings. The van der Waals surface area contributed by atoms with Gasteiger partial charge in [-0.1, -0.05) is 164 Å². The van der Waals surface area contributed by atoms with Crippen LogP contribution in [0.5, 0.6) is 0 Å². The number of furan rings is 1. The van der Waals surface area contributed by atoms with E-state index in [0.717, 1.165) is 27.9 Å². The van der Waals surface area contributed by atoms with E-state index in [0.29, 0.717) is 0 Å². The van der Waals surface area contributed by atoms with Gasteiger partial charge in [-0.3, -0.25) is 0 Å². The molecule has 0 saturated carbocycles. The summed E-state index contributed by atoms with van der Waals surface area (Å²) in [6.07, 6.45) is 0. The van der Waals surface area contributed by atoms with Crippen molar-refractivity contribution in [2.75, 3.05) is 0 Å². The van der Waals surface area contributed by atoms with Crippen LogP contribution in [-0.4, -0.2) is 0 Å². The topological polar surface area (TPSA) is 13.1 Å². The van der Waals surface area contributed by atoms with Gasteiger partial charge >= 0.3 is 0 Å². The molecule has 0 bridgehead atoms. The maximum atomic E-state index is 6.68. The van der Waals surface area contributed by atoms with Crippen LogP contribution < -0.4 is 0 Å². The second kappa shape index (κ2) is 11.3. The minimum atomic E-state index is 0.944. The minimum absolute atomic E-state index is 0.944. The van der Waals surface area contributed by atoms with Crippen LogP contribution in [0.25, 0.3) is 98.8 Å². The Morgan fingerprint density at radius 3 is 1.58 bits per heavy atom. The Labute approximate surface area is 290 Å². The molecule has 0 saturated heterocycles. The van der Waals surface area contributed by atoms with E-state index in [1.54, 1.807) is 0 Å². The summed E-state index contributed by atoms with van der Waals surface area (Å²) in [7, 11) is 0. The van der Waals surface area contributed by atoms with Gasteiger partial charge < -0.3 is 4.42 Å². The molecule has 0 fully saturated rings. The summed E-state index contributed by atoms with van der Waals surface area (Å²) >= 11 is 0. The summed E-state index contributed by atoms with van der Waals surface area (Å²) in [4.78, 5) is 0. The van der Waals surface area contributed by atoms with E-state index >= 15 is 0 Å². The Hall–Kier alpha value is -6.44. The molecule has 0 aliphatic heterocycles. The van der Waals surface area contributed by atoms with Crippen LogP contribution >= 0.6 is 0 Å². The van der Waals surface area contributed by atoms with Crippen LogP contribution in [-0.2, 0) is 0 Å². The monoisotopic (exact) mass is 636 g/mol. The summed E-state index contributed by atoms with van der Waals surface area (Å²) in [5.41, 5.74) is 12.7. The number of benzene rings is 9. The Morgan fingerprint density at radius 2 is 0.880 bits per heavy atom. The van der Waals surface area contributed by atoms with E-state index < -0.39 is 0 Å².